The van der Waals surface area contributed by atoms with E-state index in [1.165, 1.54) is 88.6 Å². The van der Waals surface area contributed by atoms with Crippen molar-refractivity contribution in [3.8, 4) is 50.2 Å². The Morgan fingerprint density at radius 3 is 1.68 bits per heavy atom. The second-order valence-corrected chi connectivity index (χ2v) is 15.8. The Hall–Kier alpha value is -6.74. The highest BCUT2D eigenvalue weighted by Gasteiger charge is 2.46. The van der Waals surface area contributed by atoms with Crippen LogP contribution in [0.15, 0.2) is 223 Å². The van der Waals surface area contributed by atoms with Crippen molar-refractivity contribution in [2.45, 2.75) is 5.41 Å². The molecule has 1 nitrogen and oxygen atoms in total. The zero-order valence-corrected chi connectivity index (χ0v) is 32.7. The van der Waals surface area contributed by atoms with E-state index in [4.69, 9.17) is 0 Å². The third-order valence-electron chi connectivity index (χ3n) is 12.0. The normalized spacial score (nSPS) is 12.8. The fraction of sp³-hybridized carbons (Fsp3) is 0.0182. The molecule has 0 bridgehead atoms. The zero-order valence-electron chi connectivity index (χ0n) is 31.1. The maximum absolute atomic E-state index is 3.76. The van der Waals surface area contributed by atoms with Crippen LogP contribution in [-0.2, 0) is 5.41 Å². The van der Waals surface area contributed by atoms with Crippen molar-refractivity contribution in [1.29, 1.82) is 0 Å². The summed E-state index contributed by atoms with van der Waals surface area (Å²) in [4.78, 5) is 0. The van der Waals surface area contributed by atoms with Crippen LogP contribution >= 0.6 is 15.9 Å². The number of benzene rings is 9. The molecule has 0 fully saturated rings. The van der Waals surface area contributed by atoms with Gasteiger partial charge in [0.2, 0.25) is 0 Å². The lowest BCUT2D eigenvalue weighted by atomic mass is 9.67. The average Bonchev–Trinajstić information content (AvgIpc) is 3.78. The molecule has 1 aromatic heterocycles. The van der Waals surface area contributed by atoms with E-state index in [1.54, 1.807) is 0 Å². The summed E-state index contributed by atoms with van der Waals surface area (Å²) in [7, 11) is 0. The molecule has 57 heavy (non-hydrogen) atoms. The number of hydrogen-bond donors (Lipinski definition) is 0. The van der Waals surface area contributed by atoms with Crippen molar-refractivity contribution >= 4 is 37.7 Å². The standard InChI is InChI=1S/C55H36BrN/c56-51-27-11-8-21-44(51)40-16-13-15-38(35-40)39-31-34-47-46-22-9-12-28-52(46)57(53(47)36-39)43-32-29-37(30-33-43)45-24-14-26-50-54(45)48-23-7-10-25-49(48)55(50,41-17-3-1-4-18-41)42-19-5-2-6-20-42/h1-36H. The number of fused-ring (bicyclic) bond motifs is 6. The van der Waals surface area contributed by atoms with Gasteiger partial charge in [0.05, 0.1) is 16.4 Å². The predicted octanol–water partition coefficient (Wildman–Crippen LogP) is 14.9. The fourth-order valence-electron chi connectivity index (χ4n) is 9.51. The first-order chi connectivity index (χ1) is 28.2. The highest BCUT2D eigenvalue weighted by molar-refractivity contribution is 9.10. The van der Waals surface area contributed by atoms with Crippen molar-refractivity contribution in [2.24, 2.45) is 0 Å². The second kappa shape index (κ2) is 13.5. The average molecular weight is 791 g/mol. The predicted molar refractivity (Wildman–Crippen MR) is 242 cm³/mol. The quantitative estimate of drug-likeness (QED) is 0.158. The van der Waals surface area contributed by atoms with Crippen LogP contribution in [0.3, 0.4) is 0 Å². The fourth-order valence-corrected chi connectivity index (χ4v) is 10.0. The molecule has 0 spiro atoms. The summed E-state index contributed by atoms with van der Waals surface area (Å²) in [6.07, 6.45) is 0. The molecule has 2 heteroatoms. The van der Waals surface area contributed by atoms with Crippen molar-refractivity contribution in [1.82, 2.24) is 4.57 Å². The van der Waals surface area contributed by atoms with Gasteiger partial charge < -0.3 is 4.57 Å². The highest BCUT2D eigenvalue weighted by Crippen LogP contribution is 2.58. The lowest BCUT2D eigenvalue weighted by Gasteiger charge is -2.34. The van der Waals surface area contributed by atoms with Crippen LogP contribution in [-0.4, -0.2) is 4.57 Å². The number of nitrogens with zero attached hydrogens (tertiary/aromatic N) is 1. The topological polar surface area (TPSA) is 4.93 Å². The van der Waals surface area contributed by atoms with Crippen LogP contribution in [0.5, 0.6) is 0 Å². The van der Waals surface area contributed by atoms with Crippen LogP contribution in [0.1, 0.15) is 22.3 Å². The Morgan fingerprint density at radius 2 is 0.912 bits per heavy atom. The summed E-state index contributed by atoms with van der Waals surface area (Å²) in [5, 5.41) is 2.50. The minimum Gasteiger partial charge on any atom is -0.309 e. The van der Waals surface area contributed by atoms with E-state index in [9.17, 15) is 0 Å². The van der Waals surface area contributed by atoms with Crippen LogP contribution in [0.2, 0.25) is 0 Å². The van der Waals surface area contributed by atoms with Crippen LogP contribution in [0.4, 0.5) is 0 Å². The van der Waals surface area contributed by atoms with Gasteiger partial charge >= 0.3 is 0 Å². The third kappa shape index (κ3) is 5.21. The summed E-state index contributed by atoms with van der Waals surface area (Å²) < 4.78 is 3.52. The maximum Gasteiger partial charge on any atom is 0.0713 e. The summed E-state index contributed by atoms with van der Waals surface area (Å²) in [5.41, 5.74) is 18.1. The molecule has 0 saturated heterocycles. The summed E-state index contributed by atoms with van der Waals surface area (Å²) in [6, 6.07) is 80.1. The van der Waals surface area contributed by atoms with Crippen LogP contribution in [0, 0.1) is 0 Å². The van der Waals surface area contributed by atoms with Gasteiger partial charge in [-0.3, -0.25) is 0 Å². The lowest BCUT2D eigenvalue weighted by molar-refractivity contribution is 0.768. The van der Waals surface area contributed by atoms with E-state index in [0.29, 0.717) is 0 Å². The van der Waals surface area contributed by atoms with Crippen molar-refractivity contribution < 1.29 is 0 Å². The van der Waals surface area contributed by atoms with Crippen molar-refractivity contribution in [2.75, 3.05) is 0 Å². The third-order valence-corrected chi connectivity index (χ3v) is 12.7. The lowest BCUT2D eigenvalue weighted by Crippen LogP contribution is -2.28. The number of aromatic nitrogens is 1. The van der Waals surface area contributed by atoms with Gasteiger partial charge in [-0.1, -0.05) is 198 Å². The molecule has 9 aromatic carbocycles. The van der Waals surface area contributed by atoms with Gasteiger partial charge in [0.15, 0.2) is 0 Å². The first-order valence-corrected chi connectivity index (χ1v) is 20.3. The van der Waals surface area contributed by atoms with Gasteiger partial charge in [0.1, 0.15) is 0 Å². The maximum atomic E-state index is 3.76. The van der Waals surface area contributed by atoms with Gasteiger partial charge in [-0.2, -0.15) is 0 Å². The molecule has 0 unspecified atom stereocenters. The van der Waals surface area contributed by atoms with Crippen molar-refractivity contribution in [3.63, 3.8) is 0 Å². The molecule has 0 aliphatic heterocycles. The Morgan fingerprint density at radius 1 is 0.351 bits per heavy atom. The van der Waals surface area contributed by atoms with Gasteiger partial charge in [0.25, 0.3) is 0 Å². The first-order valence-electron chi connectivity index (χ1n) is 19.5. The minimum atomic E-state index is -0.428. The van der Waals surface area contributed by atoms with Crippen LogP contribution in [0.25, 0.3) is 72.0 Å². The van der Waals surface area contributed by atoms with E-state index in [-0.39, 0.29) is 0 Å². The Kier molecular flexibility index (Phi) is 7.94. The second-order valence-electron chi connectivity index (χ2n) is 14.9. The number of halogens is 1. The number of rotatable bonds is 6. The molecule has 0 saturated carbocycles. The highest BCUT2D eigenvalue weighted by atomic mass is 79.9. The summed E-state index contributed by atoms with van der Waals surface area (Å²) >= 11 is 3.76. The van der Waals surface area contributed by atoms with Gasteiger partial charge in [-0.25, -0.2) is 0 Å². The zero-order chi connectivity index (χ0) is 37.9. The largest absolute Gasteiger partial charge is 0.309 e. The molecule has 10 aromatic rings. The molecule has 0 radical (unpaired) electrons. The smallest absolute Gasteiger partial charge is 0.0713 e. The molecule has 1 heterocycles. The van der Waals surface area contributed by atoms with E-state index in [1.807, 2.05) is 0 Å². The van der Waals surface area contributed by atoms with Crippen molar-refractivity contribution in [3.05, 3.63) is 245 Å². The van der Waals surface area contributed by atoms with Gasteiger partial charge in [0, 0.05) is 20.9 Å². The number of para-hydroxylation sites is 1. The molecule has 0 atom stereocenters. The molecular weight excluding hydrogens is 755 g/mol. The Labute approximate surface area is 341 Å². The van der Waals surface area contributed by atoms with Gasteiger partial charge in [-0.15, -0.1) is 0 Å². The monoisotopic (exact) mass is 789 g/mol. The van der Waals surface area contributed by atoms with E-state index in [2.05, 4.69) is 239 Å². The molecule has 1 aliphatic carbocycles. The molecule has 0 amide bonds. The first kappa shape index (κ1) is 33.6. The molecule has 11 rings (SSSR count). The Balaban J connectivity index is 1.06. The molecular formula is C55H36BrN. The molecule has 1 aliphatic rings. The molecule has 268 valence electrons. The molecule has 0 N–H and O–H groups in total. The minimum absolute atomic E-state index is 0.428. The van der Waals surface area contributed by atoms with E-state index < -0.39 is 5.41 Å². The van der Waals surface area contributed by atoms with Gasteiger partial charge in [-0.05, 0) is 103 Å². The SMILES string of the molecule is Brc1ccccc1-c1cccc(-c2ccc3c4ccccc4n(-c4ccc(-c5cccc6c5-c5ccccc5C6(c5ccccc5)c5ccccc5)cc4)c3c2)c1. The number of hydrogen-bond acceptors (Lipinski definition) is 0. The summed E-state index contributed by atoms with van der Waals surface area (Å²) in [6.45, 7) is 0. The Bertz CT molecular complexity index is 3080. The van der Waals surface area contributed by atoms with E-state index in [0.717, 1.165) is 10.2 Å². The van der Waals surface area contributed by atoms with E-state index >= 15 is 0 Å². The summed E-state index contributed by atoms with van der Waals surface area (Å²) in [5.74, 6) is 0. The van der Waals surface area contributed by atoms with Crippen LogP contribution < -0.4 is 0 Å².